The number of nitriles is 1. The van der Waals surface area contributed by atoms with E-state index in [1.807, 2.05) is 74.5 Å². The fraction of sp³-hybridized carbons (Fsp3) is 0.129. The lowest BCUT2D eigenvalue weighted by atomic mass is 9.98. The summed E-state index contributed by atoms with van der Waals surface area (Å²) in [6, 6.07) is 23.9. The summed E-state index contributed by atoms with van der Waals surface area (Å²) < 4.78 is 12.9. The molecule has 0 atom stereocenters. The Balaban J connectivity index is 1.41. The molecule has 0 radical (unpaired) electrons. The molecule has 1 N–H and O–H groups in total. The minimum absolute atomic E-state index is 0.0678. The Kier molecular flexibility index (Phi) is 7.25. The van der Waals surface area contributed by atoms with Crippen LogP contribution in [0.4, 0.5) is 5.88 Å². The summed E-state index contributed by atoms with van der Waals surface area (Å²) >= 11 is 0. The molecule has 0 saturated heterocycles. The average molecular weight is 533 g/mol. The van der Waals surface area contributed by atoms with Gasteiger partial charge in [-0.3, -0.25) is 14.9 Å². The highest BCUT2D eigenvalue weighted by atomic mass is 16.5. The van der Waals surface area contributed by atoms with E-state index in [1.54, 1.807) is 16.7 Å². The first-order valence-corrected chi connectivity index (χ1v) is 12.6. The number of pyridine rings is 2. The Morgan fingerprint density at radius 1 is 1.02 bits per heavy atom. The van der Waals surface area contributed by atoms with Gasteiger partial charge in [0.2, 0.25) is 11.3 Å². The van der Waals surface area contributed by atoms with Gasteiger partial charge in [-0.05, 0) is 31.5 Å². The van der Waals surface area contributed by atoms with Gasteiger partial charge >= 0.3 is 5.97 Å². The maximum atomic E-state index is 13.0. The number of rotatable bonds is 7. The second-order valence-electron chi connectivity index (χ2n) is 8.96. The number of benzene rings is 2. The van der Waals surface area contributed by atoms with Crippen molar-refractivity contribution in [3.05, 3.63) is 106 Å². The lowest BCUT2D eigenvalue weighted by Crippen LogP contribution is -2.25. The average Bonchev–Trinajstić information content (AvgIpc) is 3.35. The minimum atomic E-state index is -0.945. The molecule has 0 bridgehead atoms. The maximum absolute atomic E-state index is 13.0. The van der Waals surface area contributed by atoms with Crippen LogP contribution in [0.3, 0.4) is 0 Å². The molecule has 5 rings (SSSR count). The SMILES string of the molecule is CCn1cc(C(=O)OCC(=O)Nc2oc(-c3ccccc3)c(-c3ccccc3)c2C#N)c(=O)c2ccc(C)nc21. The molecular weight excluding hydrogens is 508 g/mol. The topological polar surface area (TPSA) is 127 Å². The van der Waals surface area contributed by atoms with Crippen LogP contribution in [0.15, 0.2) is 88.2 Å². The lowest BCUT2D eigenvalue weighted by molar-refractivity contribution is -0.119. The number of fused-ring (bicyclic) bond motifs is 1. The van der Waals surface area contributed by atoms with Crippen LogP contribution in [0.2, 0.25) is 0 Å². The molecule has 3 aromatic heterocycles. The number of hydrogen-bond acceptors (Lipinski definition) is 7. The monoisotopic (exact) mass is 532 g/mol. The van der Waals surface area contributed by atoms with Gasteiger partial charge in [0.25, 0.3) is 5.91 Å². The molecule has 1 amide bonds. The third kappa shape index (κ3) is 4.98. The van der Waals surface area contributed by atoms with E-state index < -0.39 is 23.9 Å². The summed E-state index contributed by atoms with van der Waals surface area (Å²) in [4.78, 5) is 43.0. The zero-order valence-electron chi connectivity index (χ0n) is 21.8. The second kappa shape index (κ2) is 11.1. The Hall–Kier alpha value is -5.49. The van der Waals surface area contributed by atoms with Gasteiger partial charge in [0.05, 0.1) is 5.39 Å². The third-order valence-electron chi connectivity index (χ3n) is 6.33. The molecule has 0 aliphatic carbocycles. The number of ether oxygens (including phenoxy) is 1. The quantitative estimate of drug-likeness (QED) is 0.281. The molecule has 0 unspecified atom stereocenters. The lowest BCUT2D eigenvalue weighted by Gasteiger charge is -2.11. The van der Waals surface area contributed by atoms with Gasteiger partial charge < -0.3 is 13.7 Å². The molecule has 9 heteroatoms. The first-order chi connectivity index (χ1) is 19.4. The summed E-state index contributed by atoms with van der Waals surface area (Å²) in [6.07, 6.45) is 1.38. The molecular formula is C31H24N4O5. The van der Waals surface area contributed by atoms with Crippen LogP contribution in [0, 0.1) is 18.3 Å². The standard InChI is InChI=1S/C31H24N4O5/c1-3-35-17-24(27(37)22-15-14-19(2)33-29(22)35)31(38)39-18-25(36)34-30-23(16-32)26(20-10-6-4-7-11-20)28(40-30)21-12-8-5-9-13-21/h4-15,17H,3,18H2,1-2H3,(H,34,36). The zero-order chi connectivity index (χ0) is 28.2. The van der Waals surface area contributed by atoms with Crippen molar-refractivity contribution in [2.24, 2.45) is 0 Å². The van der Waals surface area contributed by atoms with E-state index in [0.29, 0.717) is 23.5 Å². The van der Waals surface area contributed by atoms with Gasteiger partial charge in [0, 0.05) is 29.6 Å². The van der Waals surface area contributed by atoms with Crippen molar-refractivity contribution >= 4 is 28.8 Å². The molecule has 9 nitrogen and oxygen atoms in total. The van der Waals surface area contributed by atoms with Crippen molar-refractivity contribution in [1.82, 2.24) is 9.55 Å². The van der Waals surface area contributed by atoms with E-state index in [-0.39, 0.29) is 22.4 Å². The zero-order valence-corrected chi connectivity index (χ0v) is 21.8. The molecule has 0 aliphatic heterocycles. The van der Waals surface area contributed by atoms with Crippen LogP contribution in [0.25, 0.3) is 33.5 Å². The smallest absolute Gasteiger partial charge is 0.344 e. The molecule has 0 spiro atoms. The number of hydrogen-bond donors (Lipinski definition) is 1. The molecule has 198 valence electrons. The van der Waals surface area contributed by atoms with Gasteiger partial charge in [0.1, 0.15) is 28.6 Å². The van der Waals surface area contributed by atoms with Gasteiger partial charge in [0.15, 0.2) is 6.61 Å². The van der Waals surface area contributed by atoms with E-state index in [1.165, 1.54) is 6.20 Å². The Morgan fingerprint density at radius 3 is 2.35 bits per heavy atom. The van der Waals surface area contributed by atoms with Crippen LogP contribution in [0.1, 0.15) is 28.5 Å². The molecule has 40 heavy (non-hydrogen) atoms. The fourth-order valence-corrected chi connectivity index (χ4v) is 4.42. The van der Waals surface area contributed by atoms with Crippen LogP contribution >= 0.6 is 0 Å². The van der Waals surface area contributed by atoms with E-state index in [0.717, 1.165) is 16.8 Å². The van der Waals surface area contributed by atoms with Crippen molar-refractivity contribution in [3.63, 3.8) is 0 Å². The number of anilines is 1. The van der Waals surface area contributed by atoms with Crippen molar-refractivity contribution in [2.75, 3.05) is 11.9 Å². The number of aryl methyl sites for hydroxylation is 2. The van der Waals surface area contributed by atoms with Crippen LogP contribution < -0.4 is 10.7 Å². The Morgan fingerprint density at radius 2 is 1.70 bits per heavy atom. The number of furan rings is 1. The number of carbonyl (C=O) groups excluding carboxylic acids is 2. The summed E-state index contributed by atoms with van der Waals surface area (Å²) in [5, 5.41) is 12.8. The predicted octanol–water partition coefficient (Wildman–Crippen LogP) is 5.32. The highest BCUT2D eigenvalue weighted by Crippen LogP contribution is 2.41. The van der Waals surface area contributed by atoms with Gasteiger partial charge in [-0.2, -0.15) is 5.26 Å². The van der Waals surface area contributed by atoms with Crippen molar-refractivity contribution < 1.29 is 18.7 Å². The number of esters is 1. The number of nitrogens with one attached hydrogen (secondary N) is 1. The highest BCUT2D eigenvalue weighted by molar-refractivity contribution is 5.98. The summed E-state index contributed by atoms with van der Waals surface area (Å²) in [5.74, 6) is -1.33. The van der Waals surface area contributed by atoms with Gasteiger partial charge in [-0.1, -0.05) is 60.7 Å². The first kappa shape index (κ1) is 26.1. The second-order valence-corrected chi connectivity index (χ2v) is 8.96. The van der Waals surface area contributed by atoms with E-state index >= 15 is 0 Å². The van der Waals surface area contributed by atoms with Crippen molar-refractivity contribution in [2.45, 2.75) is 20.4 Å². The van der Waals surface area contributed by atoms with Crippen LogP contribution in [0.5, 0.6) is 0 Å². The molecule has 0 saturated carbocycles. The van der Waals surface area contributed by atoms with E-state index in [9.17, 15) is 19.6 Å². The third-order valence-corrected chi connectivity index (χ3v) is 6.33. The first-order valence-electron chi connectivity index (χ1n) is 12.6. The fourth-order valence-electron chi connectivity index (χ4n) is 4.42. The number of aromatic nitrogens is 2. The van der Waals surface area contributed by atoms with Crippen molar-refractivity contribution in [3.8, 4) is 28.5 Å². The highest BCUT2D eigenvalue weighted by Gasteiger charge is 2.25. The molecule has 5 aromatic rings. The summed E-state index contributed by atoms with van der Waals surface area (Å²) in [7, 11) is 0. The van der Waals surface area contributed by atoms with Crippen LogP contribution in [-0.4, -0.2) is 28.0 Å². The molecule has 2 aromatic carbocycles. The van der Waals surface area contributed by atoms with Gasteiger partial charge in [-0.15, -0.1) is 0 Å². The maximum Gasteiger partial charge on any atom is 0.344 e. The number of amides is 1. The number of nitrogens with zero attached hydrogens (tertiary/aromatic N) is 3. The normalized spacial score (nSPS) is 10.7. The van der Waals surface area contributed by atoms with E-state index in [2.05, 4.69) is 16.4 Å². The molecule has 0 aliphatic rings. The predicted molar refractivity (Wildman–Crippen MR) is 150 cm³/mol. The Labute approximate surface area is 229 Å². The molecule has 0 fully saturated rings. The summed E-state index contributed by atoms with van der Waals surface area (Å²) in [5.41, 5.74) is 2.58. The number of carbonyl (C=O) groups is 2. The van der Waals surface area contributed by atoms with Crippen molar-refractivity contribution in [1.29, 1.82) is 5.26 Å². The van der Waals surface area contributed by atoms with E-state index in [4.69, 9.17) is 9.15 Å². The largest absolute Gasteiger partial charge is 0.452 e. The minimum Gasteiger partial charge on any atom is -0.452 e. The van der Waals surface area contributed by atoms with Gasteiger partial charge in [-0.25, -0.2) is 9.78 Å². The Bertz CT molecular complexity index is 1830. The molecule has 3 heterocycles. The summed E-state index contributed by atoms with van der Waals surface area (Å²) in [6.45, 7) is 3.45. The van der Waals surface area contributed by atoms with Crippen LogP contribution in [-0.2, 0) is 16.1 Å².